The zero-order valence-corrected chi connectivity index (χ0v) is 18.3. The first-order valence-electron chi connectivity index (χ1n) is 10.6. The molecule has 1 aromatic heterocycles. The molecule has 8 heteroatoms. The highest BCUT2D eigenvalue weighted by Gasteiger charge is 2.50. The second kappa shape index (κ2) is 8.37. The lowest BCUT2D eigenvalue weighted by molar-refractivity contribution is -0.124. The van der Waals surface area contributed by atoms with Crippen LogP contribution in [0.15, 0.2) is 66.9 Å². The van der Waals surface area contributed by atoms with Crippen molar-refractivity contribution in [2.24, 2.45) is 0 Å². The van der Waals surface area contributed by atoms with Crippen molar-refractivity contribution in [3.8, 4) is 17.6 Å². The van der Waals surface area contributed by atoms with Gasteiger partial charge in [-0.05, 0) is 53.4 Å². The van der Waals surface area contributed by atoms with E-state index in [1.807, 2.05) is 24.3 Å². The van der Waals surface area contributed by atoms with Crippen LogP contribution in [-0.4, -0.2) is 41.4 Å². The molecule has 0 radical (unpaired) electrons. The first-order chi connectivity index (χ1) is 16.5. The van der Waals surface area contributed by atoms with E-state index in [0.29, 0.717) is 29.1 Å². The van der Waals surface area contributed by atoms with Gasteiger partial charge < -0.3 is 15.0 Å². The molecule has 5 rings (SSSR count). The molecule has 1 fully saturated rings. The van der Waals surface area contributed by atoms with Gasteiger partial charge in [0, 0.05) is 23.9 Å². The van der Waals surface area contributed by atoms with Crippen molar-refractivity contribution in [3.05, 3.63) is 94.8 Å². The number of pyridine rings is 1. The van der Waals surface area contributed by atoms with E-state index in [0.717, 1.165) is 11.1 Å². The Morgan fingerprint density at radius 1 is 1.06 bits per heavy atom. The molecule has 3 heterocycles. The maximum atomic E-state index is 13.1. The van der Waals surface area contributed by atoms with Gasteiger partial charge in [0.2, 0.25) is 0 Å². The van der Waals surface area contributed by atoms with Crippen LogP contribution >= 0.6 is 0 Å². The summed E-state index contributed by atoms with van der Waals surface area (Å²) in [6, 6.07) is 17.2. The van der Waals surface area contributed by atoms with Gasteiger partial charge in [-0.25, -0.2) is 9.78 Å². The van der Waals surface area contributed by atoms with Gasteiger partial charge in [-0.15, -0.1) is 0 Å². The van der Waals surface area contributed by atoms with E-state index in [1.165, 1.54) is 7.11 Å². The van der Waals surface area contributed by atoms with Crippen LogP contribution in [0, 0.1) is 11.8 Å². The lowest BCUT2D eigenvalue weighted by Crippen LogP contribution is -2.52. The highest BCUT2D eigenvalue weighted by Crippen LogP contribution is 2.32. The number of amides is 4. The van der Waals surface area contributed by atoms with Gasteiger partial charge in [0.05, 0.1) is 13.7 Å². The predicted molar refractivity (Wildman–Crippen MR) is 123 cm³/mol. The number of fused-ring (bicyclic) bond motifs is 1. The van der Waals surface area contributed by atoms with Gasteiger partial charge in [-0.1, -0.05) is 30.2 Å². The van der Waals surface area contributed by atoms with Gasteiger partial charge in [-0.3, -0.25) is 14.9 Å². The molecular weight excluding hydrogens is 432 g/mol. The summed E-state index contributed by atoms with van der Waals surface area (Å²) in [5.74, 6) is 5.87. The molecule has 2 aliphatic heterocycles. The van der Waals surface area contributed by atoms with E-state index >= 15 is 0 Å². The molecule has 4 amide bonds. The molecule has 168 valence electrons. The van der Waals surface area contributed by atoms with Crippen LogP contribution in [0.25, 0.3) is 0 Å². The quantitative estimate of drug-likeness (QED) is 0.467. The Hall–Kier alpha value is -4.64. The number of carbonyl (C=O) groups is 3. The maximum absolute atomic E-state index is 13.1. The molecule has 0 saturated carbocycles. The van der Waals surface area contributed by atoms with Gasteiger partial charge in [-0.2, -0.15) is 0 Å². The molecule has 3 aromatic rings. The number of methoxy groups -OCH3 is 1. The molecule has 1 atom stereocenters. The van der Waals surface area contributed by atoms with Crippen LogP contribution < -0.4 is 15.4 Å². The number of benzene rings is 2. The third kappa shape index (κ3) is 3.73. The lowest BCUT2D eigenvalue weighted by Gasteiger charge is -2.31. The Morgan fingerprint density at radius 3 is 2.56 bits per heavy atom. The molecule has 0 spiro atoms. The minimum absolute atomic E-state index is 0.0145. The number of aromatic nitrogens is 1. The smallest absolute Gasteiger partial charge is 0.322 e. The summed E-state index contributed by atoms with van der Waals surface area (Å²) in [7, 11) is 1.54. The fourth-order valence-electron chi connectivity index (χ4n) is 4.19. The lowest BCUT2D eigenvalue weighted by atomic mass is 9.88. The van der Waals surface area contributed by atoms with Crippen LogP contribution in [0.1, 0.15) is 32.7 Å². The molecule has 1 saturated heterocycles. The third-order valence-electron chi connectivity index (χ3n) is 5.94. The summed E-state index contributed by atoms with van der Waals surface area (Å²) in [5.41, 5.74) is 1.89. The molecular formula is C26H20N4O4. The average Bonchev–Trinajstić information content (AvgIpc) is 3.33. The number of nitrogens with one attached hydrogen (secondary N) is 2. The third-order valence-corrected chi connectivity index (χ3v) is 5.94. The Balaban J connectivity index is 1.43. The zero-order valence-electron chi connectivity index (χ0n) is 18.3. The molecule has 0 aliphatic carbocycles. The standard InChI is InChI=1S/C26H20N4O4/c1-34-21-12-8-18-15-30(23(31)22(18)14-21)16-26(24(32)28-25(33)29-26)19-9-5-17(6-10-19)7-11-20-4-2-3-13-27-20/h2-6,8-10,12-14H,15-16H2,1H3,(H2,28,29,32,33)/t26-/m0/s1. The number of ether oxygens (including phenoxy) is 1. The number of carbonyl (C=O) groups excluding carboxylic acids is 3. The summed E-state index contributed by atoms with van der Waals surface area (Å²) < 4.78 is 5.23. The molecule has 2 aromatic carbocycles. The highest BCUT2D eigenvalue weighted by atomic mass is 16.5. The van der Waals surface area contributed by atoms with E-state index in [-0.39, 0.29) is 12.5 Å². The molecule has 2 N–H and O–H groups in total. The van der Waals surface area contributed by atoms with E-state index in [2.05, 4.69) is 27.5 Å². The number of hydrogen-bond donors (Lipinski definition) is 2. The van der Waals surface area contributed by atoms with E-state index in [1.54, 1.807) is 47.5 Å². The summed E-state index contributed by atoms with van der Waals surface area (Å²) >= 11 is 0. The monoisotopic (exact) mass is 452 g/mol. The van der Waals surface area contributed by atoms with Crippen molar-refractivity contribution in [2.45, 2.75) is 12.1 Å². The maximum Gasteiger partial charge on any atom is 0.322 e. The van der Waals surface area contributed by atoms with Crippen LogP contribution in [0.4, 0.5) is 4.79 Å². The minimum atomic E-state index is -1.41. The Kier molecular flexibility index (Phi) is 5.22. The van der Waals surface area contributed by atoms with Crippen molar-refractivity contribution < 1.29 is 19.1 Å². The van der Waals surface area contributed by atoms with Crippen LogP contribution in [0.5, 0.6) is 5.75 Å². The van der Waals surface area contributed by atoms with Crippen LogP contribution in [-0.2, 0) is 16.9 Å². The second-order valence-electron chi connectivity index (χ2n) is 8.04. The number of hydrogen-bond acceptors (Lipinski definition) is 5. The van der Waals surface area contributed by atoms with E-state index in [4.69, 9.17) is 4.74 Å². The van der Waals surface area contributed by atoms with Crippen molar-refractivity contribution in [3.63, 3.8) is 0 Å². The predicted octanol–water partition coefficient (Wildman–Crippen LogP) is 2.18. The summed E-state index contributed by atoms with van der Waals surface area (Å²) in [6.45, 7) is 0.316. The van der Waals surface area contributed by atoms with E-state index in [9.17, 15) is 14.4 Å². The Bertz CT molecular complexity index is 1360. The molecule has 2 aliphatic rings. The molecule has 0 bridgehead atoms. The minimum Gasteiger partial charge on any atom is -0.497 e. The topological polar surface area (TPSA) is 101 Å². The number of rotatable bonds is 4. The van der Waals surface area contributed by atoms with Crippen molar-refractivity contribution in [1.29, 1.82) is 0 Å². The van der Waals surface area contributed by atoms with Gasteiger partial charge in [0.25, 0.3) is 11.8 Å². The fourth-order valence-corrected chi connectivity index (χ4v) is 4.19. The second-order valence-corrected chi connectivity index (χ2v) is 8.04. The average molecular weight is 452 g/mol. The largest absolute Gasteiger partial charge is 0.497 e. The SMILES string of the molecule is COc1ccc2c(c1)C(=O)N(C[C@@]1(c3ccc(C#Cc4ccccn4)cc3)NC(=O)NC1=O)C2. The zero-order chi connectivity index (χ0) is 23.7. The number of nitrogens with zero attached hydrogens (tertiary/aromatic N) is 2. The van der Waals surface area contributed by atoms with Gasteiger partial charge >= 0.3 is 6.03 Å². The van der Waals surface area contributed by atoms with Crippen LogP contribution in [0.3, 0.4) is 0 Å². The van der Waals surface area contributed by atoms with Crippen molar-refractivity contribution >= 4 is 17.8 Å². The first-order valence-corrected chi connectivity index (χ1v) is 10.6. The number of imide groups is 1. The first kappa shape index (κ1) is 21.2. The Morgan fingerprint density at radius 2 is 1.88 bits per heavy atom. The fraction of sp³-hybridized carbons (Fsp3) is 0.154. The Labute approximate surface area is 195 Å². The number of urea groups is 1. The normalized spacial score (nSPS) is 18.6. The van der Waals surface area contributed by atoms with Gasteiger partial charge in [0.15, 0.2) is 5.54 Å². The van der Waals surface area contributed by atoms with Crippen LogP contribution in [0.2, 0.25) is 0 Å². The summed E-state index contributed by atoms with van der Waals surface area (Å²) in [5, 5.41) is 5.06. The van der Waals surface area contributed by atoms with Gasteiger partial charge in [0.1, 0.15) is 11.4 Å². The molecule has 8 nitrogen and oxygen atoms in total. The van der Waals surface area contributed by atoms with Crippen molar-refractivity contribution in [2.75, 3.05) is 13.7 Å². The summed E-state index contributed by atoms with van der Waals surface area (Å²) in [6.07, 6.45) is 1.67. The summed E-state index contributed by atoms with van der Waals surface area (Å²) in [4.78, 5) is 43.9. The van der Waals surface area contributed by atoms with E-state index < -0.39 is 17.5 Å². The molecule has 34 heavy (non-hydrogen) atoms. The highest BCUT2D eigenvalue weighted by molar-refractivity contribution is 6.08. The van der Waals surface area contributed by atoms with Crippen molar-refractivity contribution in [1.82, 2.24) is 20.5 Å². The molecule has 0 unspecified atom stereocenters.